The molecular formula is C4H7N5OS. The molecule has 1 amide bonds. The normalized spacial score (nSPS) is 12.5. The molecule has 0 unspecified atom stereocenters. The first-order valence-electron chi connectivity index (χ1n) is 2.91. The lowest BCUT2D eigenvalue weighted by atomic mass is 10.3. The van der Waals surface area contributed by atoms with E-state index in [0.29, 0.717) is 5.13 Å². The Morgan fingerprint density at radius 1 is 1.82 bits per heavy atom. The third-order valence-corrected chi connectivity index (χ3v) is 1.45. The molecule has 1 aromatic heterocycles. The largest absolute Gasteiger partial charge is 0.320 e. The summed E-state index contributed by atoms with van der Waals surface area (Å²) in [5.74, 6) is -0.288. The Hall–Kier alpha value is -1.08. The van der Waals surface area contributed by atoms with Crippen molar-refractivity contribution < 1.29 is 4.79 Å². The fourth-order valence-electron chi connectivity index (χ4n) is 0.401. The lowest BCUT2D eigenvalue weighted by Gasteiger charge is -2.01. The van der Waals surface area contributed by atoms with E-state index in [1.54, 1.807) is 6.92 Å². The van der Waals surface area contributed by atoms with Crippen LogP contribution in [0.15, 0.2) is 0 Å². The number of rotatable bonds is 2. The molecule has 0 radical (unpaired) electrons. The highest BCUT2D eigenvalue weighted by molar-refractivity contribution is 7.09. The molecule has 1 atom stereocenters. The summed E-state index contributed by atoms with van der Waals surface area (Å²) in [6, 6.07) is -0.543. The van der Waals surface area contributed by atoms with Crippen molar-refractivity contribution in [2.75, 3.05) is 5.32 Å². The van der Waals surface area contributed by atoms with Gasteiger partial charge in [0.15, 0.2) is 0 Å². The van der Waals surface area contributed by atoms with E-state index in [0.717, 1.165) is 11.5 Å². The summed E-state index contributed by atoms with van der Waals surface area (Å²) in [5.41, 5.74) is 5.28. The van der Waals surface area contributed by atoms with Gasteiger partial charge in [0.1, 0.15) is 0 Å². The zero-order valence-corrected chi connectivity index (χ0v) is 6.63. The van der Waals surface area contributed by atoms with Crippen molar-refractivity contribution in [2.45, 2.75) is 13.0 Å². The maximum absolute atomic E-state index is 10.9. The number of hydrogen-bond acceptors (Lipinski definition) is 6. The summed E-state index contributed by atoms with van der Waals surface area (Å²) in [5, 5.41) is 9.61. The second kappa shape index (κ2) is 3.35. The molecule has 0 spiro atoms. The highest BCUT2D eigenvalue weighted by Gasteiger charge is 2.08. The number of anilines is 1. The number of nitrogens with zero attached hydrogens (tertiary/aromatic N) is 3. The average Bonchev–Trinajstić information content (AvgIpc) is 2.39. The molecule has 0 aliphatic carbocycles. The fraction of sp³-hybridized carbons (Fsp3) is 0.500. The molecule has 1 heterocycles. The van der Waals surface area contributed by atoms with Crippen LogP contribution >= 0.6 is 11.5 Å². The summed E-state index contributed by atoms with van der Waals surface area (Å²) in [6.07, 6.45) is 0. The number of amides is 1. The summed E-state index contributed by atoms with van der Waals surface area (Å²) in [6.45, 7) is 1.59. The number of carbonyl (C=O) groups is 1. The third-order valence-electron chi connectivity index (χ3n) is 0.943. The van der Waals surface area contributed by atoms with Gasteiger partial charge in [0.2, 0.25) is 11.0 Å². The second-order valence-electron chi connectivity index (χ2n) is 1.95. The van der Waals surface area contributed by atoms with Gasteiger partial charge in [-0.15, -0.1) is 0 Å². The molecule has 6 nitrogen and oxygen atoms in total. The van der Waals surface area contributed by atoms with Crippen LogP contribution in [0.3, 0.4) is 0 Å². The highest BCUT2D eigenvalue weighted by Crippen LogP contribution is 2.03. The van der Waals surface area contributed by atoms with Gasteiger partial charge in [-0.25, -0.2) is 0 Å². The van der Waals surface area contributed by atoms with Crippen LogP contribution in [0.2, 0.25) is 0 Å². The zero-order valence-electron chi connectivity index (χ0n) is 5.81. The monoisotopic (exact) mass is 173 g/mol. The number of aromatic nitrogens is 3. The summed E-state index contributed by atoms with van der Waals surface area (Å²) >= 11 is 1.01. The van der Waals surface area contributed by atoms with Crippen molar-refractivity contribution in [2.24, 2.45) is 5.73 Å². The zero-order chi connectivity index (χ0) is 8.27. The summed E-state index contributed by atoms with van der Waals surface area (Å²) in [4.78, 5) is 10.9. The first-order chi connectivity index (χ1) is 5.20. The molecule has 1 rings (SSSR count). The lowest BCUT2D eigenvalue weighted by molar-refractivity contribution is -0.117. The van der Waals surface area contributed by atoms with Gasteiger partial charge >= 0.3 is 0 Å². The Bertz CT molecular complexity index is 233. The Morgan fingerprint density at radius 3 is 3.00 bits per heavy atom. The molecule has 1 aromatic rings. The van der Waals surface area contributed by atoms with Crippen LogP contribution in [0.4, 0.5) is 5.13 Å². The molecule has 0 aromatic carbocycles. The maximum atomic E-state index is 10.9. The van der Waals surface area contributed by atoms with Gasteiger partial charge in [0.05, 0.1) is 6.04 Å². The van der Waals surface area contributed by atoms with Gasteiger partial charge in [0.25, 0.3) is 0 Å². The van der Waals surface area contributed by atoms with E-state index in [4.69, 9.17) is 5.73 Å². The summed E-state index contributed by atoms with van der Waals surface area (Å²) < 4.78 is 3.46. The van der Waals surface area contributed by atoms with Gasteiger partial charge in [-0.2, -0.15) is 0 Å². The van der Waals surface area contributed by atoms with Crippen LogP contribution in [0, 0.1) is 0 Å². The molecule has 60 valence electrons. The molecule has 3 N–H and O–H groups in total. The van der Waals surface area contributed by atoms with Crippen molar-refractivity contribution in [3.8, 4) is 0 Å². The van der Waals surface area contributed by atoms with Gasteiger partial charge < -0.3 is 5.73 Å². The van der Waals surface area contributed by atoms with Gasteiger partial charge in [0, 0.05) is 11.5 Å². The predicted molar refractivity (Wildman–Crippen MR) is 40.0 cm³/mol. The van der Waals surface area contributed by atoms with E-state index in [9.17, 15) is 4.79 Å². The minimum absolute atomic E-state index is 0.288. The smallest absolute Gasteiger partial charge is 0.242 e. The molecular weight excluding hydrogens is 166 g/mol. The van der Waals surface area contributed by atoms with Gasteiger partial charge in [-0.3, -0.25) is 10.1 Å². The molecule has 0 bridgehead atoms. The lowest BCUT2D eigenvalue weighted by Crippen LogP contribution is -2.32. The van der Waals surface area contributed by atoms with Crippen LogP contribution in [0.25, 0.3) is 0 Å². The van der Waals surface area contributed by atoms with E-state index in [1.165, 1.54) is 0 Å². The molecule has 0 saturated carbocycles. The Balaban J connectivity index is 2.50. The van der Waals surface area contributed by atoms with Crippen molar-refractivity contribution in [3.05, 3.63) is 0 Å². The standard InChI is InChI=1S/C4H7N5OS/c1-2(5)3(10)6-4-7-8-9-11-4/h2H,5H2,1H3,(H,6,7,9,10)/t2-/m0/s1. The molecule has 11 heavy (non-hydrogen) atoms. The van der Waals surface area contributed by atoms with E-state index in [-0.39, 0.29) is 5.91 Å². The second-order valence-corrected chi connectivity index (χ2v) is 2.68. The van der Waals surface area contributed by atoms with E-state index in [2.05, 4.69) is 20.1 Å². The molecule has 0 fully saturated rings. The predicted octanol–water partition coefficient (Wildman–Crippen LogP) is -0.781. The van der Waals surface area contributed by atoms with Crippen LogP contribution in [0.5, 0.6) is 0 Å². The van der Waals surface area contributed by atoms with Gasteiger partial charge in [-0.1, -0.05) is 9.59 Å². The molecule has 0 saturated heterocycles. The van der Waals surface area contributed by atoms with Crippen molar-refractivity contribution >= 4 is 22.6 Å². The minimum Gasteiger partial charge on any atom is -0.320 e. The number of nitrogens with two attached hydrogens (primary N) is 1. The van der Waals surface area contributed by atoms with Crippen molar-refractivity contribution in [3.63, 3.8) is 0 Å². The number of hydrogen-bond donors (Lipinski definition) is 2. The van der Waals surface area contributed by atoms with Crippen molar-refractivity contribution in [1.82, 2.24) is 14.8 Å². The van der Waals surface area contributed by atoms with Crippen LogP contribution in [0.1, 0.15) is 6.92 Å². The first-order valence-corrected chi connectivity index (χ1v) is 3.69. The Morgan fingerprint density at radius 2 is 2.55 bits per heavy atom. The quantitative estimate of drug-likeness (QED) is 0.611. The SMILES string of the molecule is C[C@H](N)C(=O)Nc1nnns1. The topological polar surface area (TPSA) is 93.8 Å². The maximum Gasteiger partial charge on any atom is 0.242 e. The average molecular weight is 173 g/mol. The number of nitrogens with one attached hydrogen (secondary N) is 1. The molecule has 7 heteroatoms. The van der Waals surface area contributed by atoms with Crippen molar-refractivity contribution in [1.29, 1.82) is 0 Å². The summed E-state index contributed by atoms with van der Waals surface area (Å²) in [7, 11) is 0. The molecule has 0 aliphatic heterocycles. The highest BCUT2D eigenvalue weighted by atomic mass is 32.1. The minimum atomic E-state index is -0.543. The van der Waals surface area contributed by atoms with Gasteiger partial charge in [-0.05, 0) is 12.1 Å². The number of carbonyl (C=O) groups excluding carboxylic acids is 1. The van der Waals surface area contributed by atoms with Crippen LogP contribution < -0.4 is 11.1 Å². The third kappa shape index (κ3) is 2.20. The van der Waals surface area contributed by atoms with Crippen LogP contribution in [-0.2, 0) is 4.79 Å². The Kier molecular flexibility index (Phi) is 2.44. The first kappa shape index (κ1) is 8.02. The van der Waals surface area contributed by atoms with E-state index < -0.39 is 6.04 Å². The van der Waals surface area contributed by atoms with Crippen LogP contribution in [-0.4, -0.2) is 26.7 Å². The van der Waals surface area contributed by atoms with E-state index >= 15 is 0 Å². The molecule has 0 aliphatic rings. The Labute approximate surface area is 67.0 Å². The fourth-order valence-corrected chi connectivity index (χ4v) is 0.771. The van der Waals surface area contributed by atoms with E-state index in [1.807, 2.05) is 0 Å².